The van der Waals surface area contributed by atoms with E-state index in [1.807, 2.05) is 23.6 Å². The van der Waals surface area contributed by atoms with Gasteiger partial charge in [0.15, 0.2) is 0 Å². The molecule has 0 radical (unpaired) electrons. The van der Waals surface area contributed by atoms with Gasteiger partial charge in [0.1, 0.15) is 6.10 Å². The van der Waals surface area contributed by atoms with E-state index in [0.717, 1.165) is 12.3 Å². The lowest BCUT2D eigenvalue weighted by Gasteiger charge is -2.42. The highest BCUT2D eigenvalue weighted by Gasteiger charge is 2.33. The van der Waals surface area contributed by atoms with Gasteiger partial charge in [-0.15, -0.1) is 11.3 Å². The molecule has 116 valence electrons. The smallest absolute Gasteiger partial charge is 0.213 e. The number of ether oxygens (including phenoxy) is 1. The van der Waals surface area contributed by atoms with Crippen LogP contribution in [0.15, 0.2) is 30.5 Å². The van der Waals surface area contributed by atoms with Crippen molar-refractivity contribution in [3.8, 4) is 16.3 Å². The molecule has 0 N–H and O–H groups in total. The van der Waals surface area contributed by atoms with Crippen LogP contribution in [0, 0.1) is 12.8 Å². The van der Waals surface area contributed by atoms with Crippen molar-refractivity contribution in [3.63, 3.8) is 0 Å². The van der Waals surface area contributed by atoms with Gasteiger partial charge in [0.2, 0.25) is 5.88 Å². The number of aryl methyl sites for hydroxylation is 1. The molecule has 0 aliphatic carbocycles. The molecule has 2 saturated heterocycles. The first-order chi connectivity index (χ1) is 10.8. The number of hydrogen-bond acceptors (Lipinski definition) is 4. The average Bonchev–Trinajstić information content (AvgIpc) is 2.98. The van der Waals surface area contributed by atoms with Gasteiger partial charge in [0, 0.05) is 46.6 Å². The lowest BCUT2D eigenvalue weighted by Crippen LogP contribution is -2.49. The van der Waals surface area contributed by atoms with E-state index < -0.39 is 0 Å². The van der Waals surface area contributed by atoms with Crippen molar-refractivity contribution in [2.45, 2.75) is 32.3 Å². The summed E-state index contributed by atoms with van der Waals surface area (Å²) in [6, 6.07) is 8.47. The molecule has 1 unspecified atom stereocenters. The number of aromatic nitrogens is 1. The number of nitrogens with zero attached hydrogens (tertiary/aromatic N) is 2. The zero-order valence-corrected chi connectivity index (χ0v) is 13.8. The Morgan fingerprint density at radius 2 is 2.14 bits per heavy atom. The van der Waals surface area contributed by atoms with Crippen LogP contribution in [0.25, 0.3) is 10.4 Å². The summed E-state index contributed by atoms with van der Waals surface area (Å²) in [5.41, 5.74) is 1.18. The minimum Gasteiger partial charge on any atom is -0.474 e. The van der Waals surface area contributed by atoms with Crippen LogP contribution in [0.5, 0.6) is 5.88 Å². The summed E-state index contributed by atoms with van der Waals surface area (Å²) in [5.74, 6) is 1.46. The summed E-state index contributed by atoms with van der Waals surface area (Å²) in [4.78, 5) is 9.72. The standard InChI is InChI=1S/C18H22N2OS/c1-13-4-6-17(22-13)14-5-7-18(19-11-14)21-16-8-10-20-9-2-3-15(16)12-20/h4-7,11,15-16H,2-3,8-10,12H2,1H3/t15-,16-/m0/s1. The van der Waals surface area contributed by atoms with Crippen molar-refractivity contribution in [1.29, 1.82) is 0 Å². The first-order valence-corrected chi connectivity index (χ1v) is 9.01. The highest BCUT2D eigenvalue weighted by molar-refractivity contribution is 7.15. The van der Waals surface area contributed by atoms with Crippen LogP contribution in [0.3, 0.4) is 0 Å². The molecule has 4 rings (SSSR count). The third-order valence-corrected chi connectivity index (χ3v) is 5.88. The van der Waals surface area contributed by atoms with E-state index >= 15 is 0 Å². The van der Waals surface area contributed by atoms with Crippen LogP contribution in [-0.2, 0) is 0 Å². The van der Waals surface area contributed by atoms with Crippen LogP contribution in [-0.4, -0.2) is 35.6 Å². The number of fused-ring (bicyclic) bond motifs is 2. The van der Waals surface area contributed by atoms with Gasteiger partial charge in [-0.3, -0.25) is 0 Å². The third kappa shape index (κ3) is 2.90. The Morgan fingerprint density at radius 3 is 2.91 bits per heavy atom. The van der Waals surface area contributed by atoms with E-state index in [0.29, 0.717) is 12.0 Å². The molecular weight excluding hydrogens is 292 g/mol. The van der Waals surface area contributed by atoms with Gasteiger partial charge in [-0.25, -0.2) is 4.98 Å². The zero-order chi connectivity index (χ0) is 14.9. The second kappa shape index (κ2) is 6.01. The Hall–Kier alpha value is -1.39. The van der Waals surface area contributed by atoms with E-state index in [4.69, 9.17) is 4.74 Å². The Kier molecular flexibility index (Phi) is 3.89. The van der Waals surface area contributed by atoms with E-state index in [2.05, 4.69) is 35.0 Å². The van der Waals surface area contributed by atoms with E-state index in [-0.39, 0.29) is 0 Å². The highest BCUT2D eigenvalue weighted by Crippen LogP contribution is 2.31. The molecule has 4 heteroatoms. The van der Waals surface area contributed by atoms with Gasteiger partial charge in [-0.05, 0) is 50.9 Å². The molecule has 0 aromatic carbocycles. The number of rotatable bonds is 3. The summed E-state index contributed by atoms with van der Waals surface area (Å²) >= 11 is 1.81. The summed E-state index contributed by atoms with van der Waals surface area (Å²) < 4.78 is 6.20. The van der Waals surface area contributed by atoms with Crippen molar-refractivity contribution < 1.29 is 4.74 Å². The van der Waals surface area contributed by atoms with Crippen molar-refractivity contribution in [3.05, 3.63) is 35.3 Å². The topological polar surface area (TPSA) is 25.4 Å². The maximum atomic E-state index is 6.20. The lowest BCUT2D eigenvalue weighted by atomic mass is 9.87. The second-order valence-electron chi connectivity index (χ2n) is 6.44. The molecule has 0 amide bonds. The second-order valence-corrected chi connectivity index (χ2v) is 7.73. The summed E-state index contributed by atoms with van der Waals surface area (Å²) in [7, 11) is 0. The fourth-order valence-corrected chi connectivity index (χ4v) is 4.50. The summed E-state index contributed by atoms with van der Waals surface area (Å²) in [5, 5.41) is 0. The van der Waals surface area contributed by atoms with Crippen LogP contribution in [0.1, 0.15) is 24.1 Å². The number of piperidine rings is 2. The van der Waals surface area contributed by atoms with Gasteiger partial charge in [0.25, 0.3) is 0 Å². The van der Waals surface area contributed by atoms with E-state index in [1.54, 1.807) is 0 Å². The Morgan fingerprint density at radius 1 is 1.18 bits per heavy atom. The first kappa shape index (κ1) is 14.2. The van der Waals surface area contributed by atoms with Gasteiger partial charge < -0.3 is 9.64 Å². The fourth-order valence-electron chi connectivity index (χ4n) is 3.64. The van der Waals surface area contributed by atoms with Crippen LogP contribution < -0.4 is 4.74 Å². The van der Waals surface area contributed by atoms with Crippen molar-refractivity contribution >= 4 is 11.3 Å². The molecule has 2 aliphatic rings. The number of thiophene rings is 1. The predicted molar refractivity (Wildman–Crippen MR) is 90.5 cm³/mol. The van der Waals surface area contributed by atoms with Gasteiger partial charge >= 0.3 is 0 Å². The Balaban J connectivity index is 1.45. The fraction of sp³-hybridized carbons (Fsp3) is 0.500. The Bertz CT molecular complexity index is 637. The van der Waals surface area contributed by atoms with Crippen molar-refractivity contribution in [2.75, 3.05) is 19.6 Å². The Labute approximate surface area is 135 Å². The highest BCUT2D eigenvalue weighted by atomic mass is 32.1. The van der Waals surface area contributed by atoms with Crippen LogP contribution in [0.2, 0.25) is 0 Å². The van der Waals surface area contributed by atoms with Crippen LogP contribution >= 0.6 is 11.3 Å². The number of pyridine rings is 1. The van der Waals surface area contributed by atoms with Crippen molar-refractivity contribution in [1.82, 2.24) is 9.88 Å². The molecule has 22 heavy (non-hydrogen) atoms. The molecule has 2 aliphatic heterocycles. The quantitative estimate of drug-likeness (QED) is 0.857. The monoisotopic (exact) mass is 314 g/mol. The molecular formula is C18H22N2OS. The zero-order valence-electron chi connectivity index (χ0n) is 13.0. The maximum absolute atomic E-state index is 6.20. The molecule has 2 bridgehead atoms. The SMILES string of the molecule is Cc1ccc(-c2ccc(O[C@H]3CCN4CCC[C@H]3C4)nc2)s1. The summed E-state index contributed by atoms with van der Waals surface area (Å²) in [6.07, 6.45) is 6.04. The molecule has 2 aromatic rings. The molecule has 3 atom stereocenters. The lowest BCUT2D eigenvalue weighted by molar-refractivity contribution is 0.0128. The molecule has 0 saturated carbocycles. The summed E-state index contributed by atoms with van der Waals surface area (Å²) in [6.45, 7) is 5.79. The van der Waals surface area contributed by atoms with E-state index in [9.17, 15) is 0 Å². The molecule has 2 fully saturated rings. The van der Waals surface area contributed by atoms with Gasteiger partial charge in [0.05, 0.1) is 0 Å². The molecule has 4 heterocycles. The number of hydrogen-bond donors (Lipinski definition) is 0. The first-order valence-electron chi connectivity index (χ1n) is 8.20. The average molecular weight is 314 g/mol. The van der Waals surface area contributed by atoms with Gasteiger partial charge in [-0.1, -0.05) is 0 Å². The minimum atomic E-state index is 0.346. The largest absolute Gasteiger partial charge is 0.474 e. The van der Waals surface area contributed by atoms with Crippen LogP contribution in [0.4, 0.5) is 0 Å². The molecule has 0 spiro atoms. The van der Waals surface area contributed by atoms with Crippen molar-refractivity contribution in [2.24, 2.45) is 5.92 Å². The predicted octanol–water partition coefficient (Wildman–Crippen LogP) is 3.98. The maximum Gasteiger partial charge on any atom is 0.213 e. The van der Waals surface area contributed by atoms with Gasteiger partial charge in [-0.2, -0.15) is 0 Å². The minimum absolute atomic E-state index is 0.346. The molecule has 2 aromatic heterocycles. The molecule has 3 nitrogen and oxygen atoms in total. The normalized spacial score (nSPS) is 27.6. The van der Waals surface area contributed by atoms with E-state index in [1.165, 1.54) is 47.8 Å². The third-order valence-electron chi connectivity index (χ3n) is 4.83.